The summed E-state index contributed by atoms with van der Waals surface area (Å²) < 4.78 is 0. The molecule has 0 fully saturated rings. The first-order chi connectivity index (χ1) is 8.71. The van der Waals surface area contributed by atoms with Crippen LogP contribution in [0.25, 0.3) is 0 Å². The van der Waals surface area contributed by atoms with Crippen LogP contribution in [0.4, 0.5) is 17.3 Å². The number of anilines is 3. The van der Waals surface area contributed by atoms with Crippen molar-refractivity contribution in [2.45, 2.75) is 13.3 Å². The normalized spacial score (nSPS) is 10.2. The molecule has 0 atom stereocenters. The van der Waals surface area contributed by atoms with E-state index in [1.54, 1.807) is 6.07 Å². The van der Waals surface area contributed by atoms with Gasteiger partial charge in [-0.05, 0) is 18.2 Å². The smallest absolute Gasteiger partial charge is 0.145 e. The maximum absolute atomic E-state index is 5.92. The average Bonchev–Trinajstić information content (AvgIpc) is 2.38. The van der Waals surface area contributed by atoms with Gasteiger partial charge in [-0.1, -0.05) is 24.6 Å². The quantitative estimate of drug-likeness (QED) is 0.584. The summed E-state index contributed by atoms with van der Waals surface area (Å²) in [5.41, 5.74) is 3.39. The van der Waals surface area contributed by atoms with Gasteiger partial charge in [0.1, 0.15) is 17.5 Å². The highest BCUT2D eigenvalue weighted by Crippen LogP contribution is 2.20. The minimum Gasteiger partial charge on any atom is -0.340 e. The number of hydrazine groups is 1. The van der Waals surface area contributed by atoms with Gasteiger partial charge in [0.25, 0.3) is 0 Å². The van der Waals surface area contributed by atoms with Crippen molar-refractivity contribution in [3.05, 3.63) is 41.2 Å². The van der Waals surface area contributed by atoms with Crippen LogP contribution in [0.5, 0.6) is 0 Å². The fourth-order valence-corrected chi connectivity index (χ4v) is 1.70. The van der Waals surface area contributed by atoms with Gasteiger partial charge in [0.05, 0.1) is 0 Å². The Morgan fingerprint density at radius 1 is 1.22 bits per heavy atom. The molecule has 5 nitrogen and oxygen atoms in total. The minimum atomic E-state index is 0.575. The third-order valence-corrected chi connectivity index (χ3v) is 2.57. The lowest BCUT2D eigenvalue weighted by molar-refractivity contribution is 0.941. The Kier molecular flexibility index (Phi) is 3.96. The zero-order valence-electron chi connectivity index (χ0n) is 9.94. The van der Waals surface area contributed by atoms with Gasteiger partial charge in [-0.2, -0.15) is 0 Å². The highest BCUT2D eigenvalue weighted by Gasteiger charge is 2.03. The first kappa shape index (κ1) is 12.6. The van der Waals surface area contributed by atoms with Crippen LogP contribution in [0.2, 0.25) is 5.02 Å². The summed E-state index contributed by atoms with van der Waals surface area (Å²) in [7, 11) is 0. The first-order valence-corrected chi connectivity index (χ1v) is 5.96. The average molecular weight is 264 g/mol. The number of aryl methyl sites for hydroxylation is 1. The van der Waals surface area contributed by atoms with E-state index >= 15 is 0 Å². The molecule has 0 saturated heterocycles. The number of hydrogen-bond donors (Lipinski definition) is 3. The molecular formula is C12H14ClN5. The van der Waals surface area contributed by atoms with E-state index in [0.29, 0.717) is 16.7 Å². The van der Waals surface area contributed by atoms with Gasteiger partial charge in [-0.25, -0.2) is 15.8 Å². The Hall–Kier alpha value is -1.85. The molecule has 0 amide bonds. The van der Waals surface area contributed by atoms with Gasteiger partial charge < -0.3 is 10.7 Å². The molecule has 6 heteroatoms. The lowest BCUT2D eigenvalue weighted by atomic mass is 10.3. The molecule has 2 rings (SSSR count). The van der Waals surface area contributed by atoms with Gasteiger partial charge in [0.2, 0.25) is 0 Å². The molecule has 0 unspecified atom stereocenters. The number of aromatic nitrogens is 2. The van der Waals surface area contributed by atoms with Crippen LogP contribution in [0.3, 0.4) is 0 Å². The van der Waals surface area contributed by atoms with E-state index in [1.807, 2.05) is 31.2 Å². The van der Waals surface area contributed by atoms with Crippen molar-refractivity contribution in [1.29, 1.82) is 0 Å². The monoisotopic (exact) mass is 263 g/mol. The Bertz CT molecular complexity index is 521. The molecule has 18 heavy (non-hydrogen) atoms. The summed E-state index contributed by atoms with van der Waals surface area (Å²) in [4.78, 5) is 8.58. The molecule has 0 aliphatic carbocycles. The SMILES string of the molecule is CCc1nc(NN)cc(Nc2cccc(Cl)c2)n1. The molecule has 0 saturated carbocycles. The van der Waals surface area contributed by atoms with Crippen LogP contribution in [0.1, 0.15) is 12.7 Å². The number of benzene rings is 1. The molecule has 0 aliphatic heterocycles. The van der Waals surface area contributed by atoms with Crippen molar-refractivity contribution < 1.29 is 0 Å². The summed E-state index contributed by atoms with van der Waals surface area (Å²) in [6.07, 6.45) is 0.736. The summed E-state index contributed by atoms with van der Waals surface area (Å²) in [6.45, 7) is 1.98. The largest absolute Gasteiger partial charge is 0.340 e. The second-order valence-corrected chi connectivity index (χ2v) is 4.12. The second kappa shape index (κ2) is 5.66. The molecule has 0 radical (unpaired) electrons. The fraction of sp³-hybridized carbons (Fsp3) is 0.167. The molecule has 1 aromatic carbocycles. The molecule has 4 N–H and O–H groups in total. The number of rotatable bonds is 4. The molecule has 0 aliphatic rings. The molecule has 1 heterocycles. The lowest BCUT2D eigenvalue weighted by Gasteiger charge is -2.09. The number of nitrogen functional groups attached to an aromatic ring is 1. The van der Waals surface area contributed by atoms with Gasteiger partial charge in [-0.15, -0.1) is 0 Å². The maximum atomic E-state index is 5.92. The van der Waals surface area contributed by atoms with E-state index in [1.165, 1.54) is 0 Å². The minimum absolute atomic E-state index is 0.575. The number of hydrogen-bond acceptors (Lipinski definition) is 5. The Morgan fingerprint density at radius 2 is 2.00 bits per heavy atom. The molecule has 2 aromatic rings. The van der Waals surface area contributed by atoms with Gasteiger partial charge in [0, 0.05) is 23.2 Å². The second-order valence-electron chi connectivity index (χ2n) is 3.69. The first-order valence-electron chi connectivity index (χ1n) is 5.58. The van der Waals surface area contributed by atoms with Crippen molar-refractivity contribution in [2.75, 3.05) is 10.7 Å². The Balaban J connectivity index is 2.28. The highest BCUT2D eigenvalue weighted by atomic mass is 35.5. The molecule has 1 aromatic heterocycles. The van der Waals surface area contributed by atoms with Crippen LogP contribution >= 0.6 is 11.6 Å². The molecule has 94 valence electrons. The predicted molar refractivity (Wildman–Crippen MR) is 74.0 cm³/mol. The van der Waals surface area contributed by atoms with Gasteiger partial charge in [0.15, 0.2) is 0 Å². The maximum Gasteiger partial charge on any atom is 0.145 e. The van der Waals surface area contributed by atoms with E-state index < -0.39 is 0 Å². The summed E-state index contributed by atoms with van der Waals surface area (Å²) in [5.74, 6) is 7.34. The fourth-order valence-electron chi connectivity index (χ4n) is 1.51. The van der Waals surface area contributed by atoms with Crippen LogP contribution in [0, 0.1) is 0 Å². The third kappa shape index (κ3) is 3.09. The van der Waals surface area contributed by atoms with Crippen molar-refractivity contribution in [3.63, 3.8) is 0 Å². The summed E-state index contributed by atoms with van der Waals surface area (Å²) in [6, 6.07) is 9.16. The molecule has 0 spiro atoms. The van der Waals surface area contributed by atoms with E-state index in [2.05, 4.69) is 20.7 Å². The van der Waals surface area contributed by atoms with Crippen LogP contribution < -0.4 is 16.6 Å². The van der Waals surface area contributed by atoms with E-state index in [-0.39, 0.29) is 0 Å². The van der Waals surface area contributed by atoms with Crippen molar-refractivity contribution >= 4 is 28.9 Å². The number of nitrogens with zero attached hydrogens (tertiary/aromatic N) is 2. The van der Waals surface area contributed by atoms with Crippen LogP contribution in [-0.4, -0.2) is 9.97 Å². The standard InChI is InChI=1S/C12H14ClN5/c1-2-10-16-11(7-12(17-10)18-14)15-9-5-3-4-8(13)6-9/h3-7H,2,14H2,1H3,(H2,15,16,17,18). The Labute approximate surface area is 110 Å². The van der Waals surface area contributed by atoms with E-state index in [0.717, 1.165) is 17.9 Å². The zero-order chi connectivity index (χ0) is 13.0. The molecule has 0 bridgehead atoms. The van der Waals surface area contributed by atoms with Gasteiger partial charge >= 0.3 is 0 Å². The third-order valence-electron chi connectivity index (χ3n) is 2.33. The zero-order valence-corrected chi connectivity index (χ0v) is 10.7. The predicted octanol–water partition coefficient (Wildman–Crippen LogP) is 2.72. The van der Waals surface area contributed by atoms with Crippen molar-refractivity contribution in [1.82, 2.24) is 9.97 Å². The van der Waals surface area contributed by atoms with Crippen molar-refractivity contribution in [2.24, 2.45) is 5.84 Å². The lowest BCUT2D eigenvalue weighted by Crippen LogP contribution is -2.11. The van der Waals surface area contributed by atoms with Crippen LogP contribution in [0.15, 0.2) is 30.3 Å². The van der Waals surface area contributed by atoms with Gasteiger partial charge in [-0.3, -0.25) is 0 Å². The highest BCUT2D eigenvalue weighted by molar-refractivity contribution is 6.30. The number of halogens is 1. The van der Waals surface area contributed by atoms with Crippen LogP contribution in [-0.2, 0) is 6.42 Å². The van der Waals surface area contributed by atoms with E-state index in [9.17, 15) is 0 Å². The Morgan fingerprint density at radius 3 is 2.67 bits per heavy atom. The number of nitrogens with one attached hydrogen (secondary N) is 2. The number of nitrogens with two attached hydrogens (primary N) is 1. The summed E-state index contributed by atoms with van der Waals surface area (Å²) >= 11 is 5.92. The van der Waals surface area contributed by atoms with Crippen molar-refractivity contribution in [3.8, 4) is 0 Å². The summed E-state index contributed by atoms with van der Waals surface area (Å²) in [5, 5.41) is 3.83. The van der Waals surface area contributed by atoms with E-state index in [4.69, 9.17) is 17.4 Å². The topological polar surface area (TPSA) is 75.9 Å². The molecular weight excluding hydrogens is 250 g/mol.